The minimum Gasteiger partial charge on any atom is -0.490 e. The number of likely N-dealkylation sites (tertiary alicyclic amines) is 1. The van der Waals surface area contributed by atoms with Gasteiger partial charge in [0, 0.05) is 19.2 Å². The van der Waals surface area contributed by atoms with E-state index in [9.17, 15) is 13.2 Å². The van der Waals surface area contributed by atoms with Crippen LogP contribution in [0.3, 0.4) is 0 Å². The molecule has 8 heteroatoms. The van der Waals surface area contributed by atoms with Crippen molar-refractivity contribution in [1.82, 2.24) is 4.90 Å². The Hall–Kier alpha value is -2.74. The first-order valence-corrected chi connectivity index (χ1v) is 11.9. The second-order valence-corrected chi connectivity index (χ2v) is 9.55. The molecule has 0 bridgehead atoms. The zero-order valence-electron chi connectivity index (χ0n) is 16.9. The van der Waals surface area contributed by atoms with E-state index in [1.165, 1.54) is 12.1 Å². The summed E-state index contributed by atoms with van der Waals surface area (Å²) in [5.74, 6) is 1.69. The monoisotopic (exact) mass is 431 g/mol. The van der Waals surface area contributed by atoms with E-state index in [0.29, 0.717) is 25.5 Å². The summed E-state index contributed by atoms with van der Waals surface area (Å²) in [5.41, 5.74) is 1.02. The summed E-state index contributed by atoms with van der Waals surface area (Å²) in [5, 5.41) is 0. The minimum absolute atomic E-state index is 0.0411. The second kappa shape index (κ2) is 8.55. The van der Waals surface area contributed by atoms with Gasteiger partial charge in [0.1, 0.15) is 5.75 Å². The Bertz CT molecular complexity index is 1040. The van der Waals surface area contributed by atoms with Gasteiger partial charge in [-0.05, 0) is 48.7 Å². The molecule has 0 radical (unpaired) electrons. The summed E-state index contributed by atoms with van der Waals surface area (Å²) >= 11 is 0. The molecule has 4 rings (SSSR count). The van der Waals surface area contributed by atoms with Gasteiger partial charge in [-0.25, -0.2) is 8.42 Å². The Labute approximate surface area is 176 Å². The van der Waals surface area contributed by atoms with Crippen molar-refractivity contribution < 1.29 is 27.4 Å². The maximum atomic E-state index is 12.9. The molecule has 2 aliphatic heterocycles. The van der Waals surface area contributed by atoms with Crippen LogP contribution in [0, 0.1) is 0 Å². The predicted molar refractivity (Wildman–Crippen MR) is 111 cm³/mol. The SMILES string of the molecule is CS(=O)(=O)c1cccc(OCC(=O)N2CCCC2c2ccc3c(c2)OCCCO3)c1. The zero-order chi connectivity index (χ0) is 21.1. The molecule has 2 heterocycles. The molecule has 1 fully saturated rings. The van der Waals surface area contributed by atoms with E-state index in [2.05, 4.69) is 0 Å². The number of ether oxygens (including phenoxy) is 3. The maximum Gasteiger partial charge on any atom is 0.261 e. The number of amides is 1. The van der Waals surface area contributed by atoms with Gasteiger partial charge in [-0.2, -0.15) is 0 Å². The van der Waals surface area contributed by atoms with E-state index < -0.39 is 9.84 Å². The van der Waals surface area contributed by atoms with Crippen LogP contribution >= 0.6 is 0 Å². The lowest BCUT2D eigenvalue weighted by Crippen LogP contribution is -2.34. The number of fused-ring (bicyclic) bond motifs is 1. The second-order valence-electron chi connectivity index (χ2n) is 7.54. The first kappa shape index (κ1) is 20.5. The van der Waals surface area contributed by atoms with Crippen molar-refractivity contribution in [2.45, 2.75) is 30.2 Å². The highest BCUT2D eigenvalue weighted by molar-refractivity contribution is 7.90. The third kappa shape index (κ3) is 4.53. The van der Waals surface area contributed by atoms with Crippen molar-refractivity contribution in [3.05, 3.63) is 48.0 Å². The number of sulfone groups is 1. The third-order valence-corrected chi connectivity index (χ3v) is 6.44. The summed E-state index contributed by atoms with van der Waals surface area (Å²) in [4.78, 5) is 14.8. The van der Waals surface area contributed by atoms with E-state index in [1.54, 1.807) is 12.1 Å². The highest BCUT2D eigenvalue weighted by Gasteiger charge is 2.31. The van der Waals surface area contributed by atoms with Crippen LogP contribution in [0.1, 0.15) is 30.9 Å². The molecular weight excluding hydrogens is 406 g/mol. The lowest BCUT2D eigenvalue weighted by Gasteiger charge is -2.25. The zero-order valence-corrected chi connectivity index (χ0v) is 17.7. The Morgan fingerprint density at radius 3 is 2.70 bits per heavy atom. The van der Waals surface area contributed by atoms with Crippen LogP contribution in [-0.4, -0.2) is 51.8 Å². The Balaban J connectivity index is 1.45. The summed E-state index contributed by atoms with van der Waals surface area (Å²) < 4.78 is 40.5. The van der Waals surface area contributed by atoms with E-state index in [4.69, 9.17) is 14.2 Å². The fourth-order valence-corrected chi connectivity index (χ4v) is 4.48. The van der Waals surface area contributed by atoms with Crippen LogP contribution in [0.2, 0.25) is 0 Å². The molecule has 0 saturated carbocycles. The average Bonchev–Trinajstić information content (AvgIpc) is 3.10. The van der Waals surface area contributed by atoms with Crippen LogP contribution in [0.15, 0.2) is 47.4 Å². The average molecular weight is 432 g/mol. The number of benzene rings is 2. The van der Waals surface area contributed by atoms with E-state index in [0.717, 1.165) is 42.6 Å². The summed E-state index contributed by atoms with van der Waals surface area (Å²) in [6.45, 7) is 1.77. The molecule has 0 aromatic heterocycles. The van der Waals surface area contributed by atoms with Crippen molar-refractivity contribution in [3.63, 3.8) is 0 Å². The molecule has 1 saturated heterocycles. The van der Waals surface area contributed by atoms with E-state index in [-0.39, 0.29) is 23.5 Å². The highest BCUT2D eigenvalue weighted by Crippen LogP contribution is 2.38. The molecule has 0 spiro atoms. The molecule has 2 aliphatic rings. The van der Waals surface area contributed by atoms with Crippen molar-refractivity contribution in [1.29, 1.82) is 0 Å². The molecule has 1 unspecified atom stereocenters. The standard InChI is InChI=1S/C22H25NO6S/c1-30(25,26)18-6-2-5-17(14-18)29-15-22(24)23-10-3-7-19(23)16-8-9-20-21(13-16)28-12-4-11-27-20/h2,5-6,8-9,13-14,19H,3-4,7,10-12,15H2,1H3. The van der Waals surface area contributed by atoms with Crippen LogP contribution in [0.5, 0.6) is 17.2 Å². The minimum atomic E-state index is -3.33. The molecule has 1 amide bonds. The van der Waals surface area contributed by atoms with Crippen molar-refractivity contribution in [2.24, 2.45) is 0 Å². The van der Waals surface area contributed by atoms with Crippen LogP contribution in [0.25, 0.3) is 0 Å². The smallest absolute Gasteiger partial charge is 0.261 e. The molecule has 160 valence electrons. The van der Waals surface area contributed by atoms with Gasteiger partial charge in [-0.1, -0.05) is 12.1 Å². The fraction of sp³-hybridized carbons (Fsp3) is 0.409. The van der Waals surface area contributed by atoms with Crippen LogP contribution < -0.4 is 14.2 Å². The number of nitrogens with zero attached hydrogens (tertiary/aromatic N) is 1. The van der Waals surface area contributed by atoms with Gasteiger partial charge in [-0.15, -0.1) is 0 Å². The van der Waals surface area contributed by atoms with Gasteiger partial charge < -0.3 is 19.1 Å². The molecule has 30 heavy (non-hydrogen) atoms. The first-order chi connectivity index (χ1) is 14.4. The lowest BCUT2D eigenvalue weighted by atomic mass is 10.0. The molecule has 2 aromatic carbocycles. The maximum absolute atomic E-state index is 12.9. The van der Waals surface area contributed by atoms with Gasteiger partial charge in [0.05, 0.1) is 24.2 Å². The van der Waals surface area contributed by atoms with Gasteiger partial charge in [0.25, 0.3) is 5.91 Å². The number of carbonyl (C=O) groups is 1. The quantitative estimate of drug-likeness (QED) is 0.724. The number of hydrogen-bond acceptors (Lipinski definition) is 6. The van der Waals surface area contributed by atoms with Gasteiger partial charge in [0.15, 0.2) is 27.9 Å². The normalized spacial score (nSPS) is 18.7. The molecular formula is C22H25NO6S. The summed E-state index contributed by atoms with van der Waals surface area (Å²) in [6, 6.07) is 12.0. The van der Waals surface area contributed by atoms with Crippen LogP contribution in [0.4, 0.5) is 0 Å². The molecule has 0 N–H and O–H groups in total. The Morgan fingerprint density at radius 1 is 1.10 bits per heavy atom. The molecule has 1 atom stereocenters. The number of rotatable bonds is 5. The highest BCUT2D eigenvalue weighted by atomic mass is 32.2. The van der Waals surface area contributed by atoms with Crippen molar-refractivity contribution in [2.75, 3.05) is 32.6 Å². The largest absolute Gasteiger partial charge is 0.490 e. The van der Waals surface area contributed by atoms with Crippen molar-refractivity contribution in [3.8, 4) is 17.2 Å². The van der Waals surface area contributed by atoms with E-state index >= 15 is 0 Å². The van der Waals surface area contributed by atoms with Gasteiger partial charge in [-0.3, -0.25) is 4.79 Å². The number of carbonyl (C=O) groups excluding carboxylic acids is 1. The van der Waals surface area contributed by atoms with E-state index in [1.807, 2.05) is 23.1 Å². The summed E-state index contributed by atoms with van der Waals surface area (Å²) in [7, 11) is -3.33. The third-order valence-electron chi connectivity index (χ3n) is 5.33. The lowest BCUT2D eigenvalue weighted by molar-refractivity contribution is -0.134. The Kier molecular flexibility index (Phi) is 5.85. The van der Waals surface area contributed by atoms with Gasteiger partial charge >= 0.3 is 0 Å². The first-order valence-electron chi connectivity index (χ1n) is 10.0. The van der Waals surface area contributed by atoms with Crippen molar-refractivity contribution >= 4 is 15.7 Å². The van der Waals surface area contributed by atoms with Gasteiger partial charge in [0.2, 0.25) is 0 Å². The summed E-state index contributed by atoms with van der Waals surface area (Å²) in [6.07, 6.45) is 3.76. The topological polar surface area (TPSA) is 82.1 Å². The Morgan fingerprint density at radius 2 is 1.90 bits per heavy atom. The predicted octanol–water partition coefficient (Wildman–Crippen LogP) is 2.99. The molecule has 7 nitrogen and oxygen atoms in total. The number of hydrogen-bond donors (Lipinski definition) is 0. The molecule has 2 aromatic rings. The van der Waals surface area contributed by atoms with Crippen LogP contribution in [-0.2, 0) is 14.6 Å². The fourth-order valence-electron chi connectivity index (χ4n) is 3.82. The molecule has 0 aliphatic carbocycles.